The molecule has 0 aliphatic carbocycles. The lowest BCUT2D eigenvalue weighted by molar-refractivity contribution is -0.143. The average molecular weight is 596 g/mol. The predicted molar refractivity (Wildman–Crippen MR) is 159 cm³/mol. The van der Waals surface area contributed by atoms with E-state index in [1.165, 1.54) is 0 Å². The smallest absolute Gasteiger partial charge is 0.261 e. The molecule has 1 atom stereocenters. The van der Waals surface area contributed by atoms with E-state index >= 15 is 0 Å². The van der Waals surface area contributed by atoms with Crippen molar-refractivity contribution in [3.63, 3.8) is 0 Å². The summed E-state index contributed by atoms with van der Waals surface area (Å²) < 4.78 is 12.2. The molecule has 7 heteroatoms. The molecule has 0 heterocycles. The van der Waals surface area contributed by atoms with E-state index in [9.17, 15) is 9.59 Å². The highest BCUT2D eigenvalue weighted by atomic mass is 79.9. The molecule has 6 nitrogen and oxygen atoms in total. The van der Waals surface area contributed by atoms with Crippen molar-refractivity contribution < 1.29 is 19.1 Å². The van der Waals surface area contributed by atoms with Crippen molar-refractivity contribution in [3.05, 3.63) is 94.0 Å². The number of nitrogens with zero attached hydrogens (tertiary/aromatic N) is 1. The predicted octanol–water partition coefficient (Wildman–Crippen LogP) is 6.30. The summed E-state index contributed by atoms with van der Waals surface area (Å²) in [6, 6.07) is 22.4. The van der Waals surface area contributed by atoms with Crippen molar-refractivity contribution in [3.8, 4) is 11.5 Å². The summed E-state index contributed by atoms with van der Waals surface area (Å²) in [4.78, 5) is 28.9. The Balaban J connectivity index is 1.92. The molecular weight excluding hydrogens is 556 g/mol. The molecule has 0 spiro atoms. The Morgan fingerprint density at radius 1 is 0.949 bits per heavy atom. The Morgan fingerprint density at radius 2 is 1.64 bits per heavy atom. The van der Waals surface area contributed by atoms with Crippen molar-refractivity contribution in [2.45, 2.75) is 65.1 Å². The zero-order valence-electron chi connectivity index (χ0n) is 23.7. The maximum Gasteiger partial charge on any atom is 0.261 e. The van der Waals surface area contributed by atoms with E-state index in [-0.39, 0.29) is 36.4 Å². The molecule has 2 amide bonds. The van der Waals surface area contributed by atoms with Crippen LogP contribution >= 0.6 is 15.9 Å². The zero-order valence-corrected chi connectivity index (χ0v) is 25.2. The summed E-state index contributed by atoms with van der Waals surface area (Å²) in [7, 11) is 1.60. The highest BCUT2D eigenvalue weighted by Gasteiger charge is 2.31. The molecule has 39 heavy (non-hydrogen) atoms. The van der Waals surface area contributed by atoms with Crippen LogP contribution in [0.1, 0.15) is 51.3 Å². The van der Waals surface area contributed by atoms with Crippen LogP contribution in [-0.2, 0) is 28.0 Å². The highest BCUT2D eigenvalue weighted by Crippen LogP contribution is 2.31. The number of carbonyl (C=O) groups excluding carboxylic acids is 2. The van der Waals surface area contributed by atoms with E-state index in [1.54, 1.807) is 12.0 Å². The van der Waals surface area contributed by atoms with Gasteiger partial charge in [-0.15, -0.1) is 0 Å². The summed E-state index contributed by atoms with van der Waals surface area (Å²) in [5.41, 5.74) is 2.96. The third kappa shape index (κ3) is 8.85. The Labute approximate surface area is 240 Å². The van der Waals surface area contributed by atoms with Gasteiger partial charge in [0.1, 0.15) is 17.5 Å². The number of hydrogen-bond donors (Lipinski definition) is 1. The number of benzene rings is 3. The summed E-state index contributed by atoms with van der Waals surface area (Å²) in [5.74, 6) is 0.763. The van der Waals surface area contributed by atoms with Crippen LogP contribution in [0.2, 0.25) is 0 Å². The number of nitrogens with one attached hydrogen (secondary N) is 1. The van der Waals surface area contributed by atoms with Gasteiger partial charge in [-0.3, -0.25) is 9.59 Å². The van der Waals surface area contributed by atoms with E-state index in [2.05, 4.69) is 42.0 Å². The fourth-order valence-corrected chi connectivity index (χ4v) is 4.70. The molecule has 0 radical (unpaired) electrons. The summed E-state index contributed by atoms with van der Waals surface area (Å²) >= 11 is 3.59. The fourth-order valence-electron chi connectivity index (χ4n) is 4.21. The van der Waals surface area contributed by atoms with Crippen molar-refractivity contribution in [2.24, 2.45) is 0 Å². The fraction of sp³-hybridized carbons (Fsp3) is 0.375. The standard InChI is InChI=1S/C32H39BrN2O4/c1-22(2)34-31(37)28(18-23-11-8-7-9-12-23)35(20-24-13-10-14-26(17-24)38-6)30(36)21-39-29-16-15-25(19-27(29)33)32(3,4)5/h7-17,19,22,28H,18,20-21H2,1-6H3,(H,34,37). The van der Waals surface area contributed by atoms with Crippen molar-refractivity contribution in [1.29, 1.82) is 0 Å². The summed E-state index contributed by atoms with van der Waals surface area (Å²) in [5, 5.41) is 3.00. The molecule has 0 bridgehead atoms. The Bertz CT molecular complexity index is 1250. The number of methoxy groups -OCH3 is 1. The van der Waals surface area contributed by atoms with Gasteiger partial charge in [0.2, 0.25) is 5.91 Å². The third-order valence-electron chi connectivity index (χ3n) is 6.34. The van der Waals surface area contributed by atoms with Crippen LogP contribution < -0.4 is 14.8 Å². The van der Waals surface area contributed by atoms with E-state index in [0.717, 1.165) is 21.2 Å². The van der Waals surface area contributed by atoms with Gasteiger partial charge in [-0.05, 0) is 76.1 Å². The zero-order chi connectivity index (χ0) is 28.6. The lowest BCUT2D eigenvalue weighted by Crippen LogP contribution is -2.52. The van der Waals surface area contributed by atoms with E-state index < -0.39 is 6.04 Å². The molecule has 3 aromatic carbocycles. The summed E-state index contributed by atoms with van der Waals surface area (Å²) in [6.07, 6.45) is 0.374. The molecule has 208 valence electrons. The normalized spacial score (nSPS) is 12.1. The first-order valence-electron chi connectivity index (χ1n) is 13.2. The van der Waals surface area contributed by atoms with Crippen LogP contribution in [0.3, 0.4) is 0 Å². The van der Waals surface area contributed by atoms with Gasteiger partial charge in [0, 0.05) is 19.0 Å². The first-order valence-corrected chi connectivity index (χ1v) is 14.0. The topological polar surface area (TPSA) is 67.9 Å². The van der Waals surface area contributed by atoms with Crippen molar-refractivity contribution in [1.82, 2.24) is 10.2 Å². The lowest BCUT2D eigenvalue weighted by atomic mass is 9.87. The van der Waals surface area contributed by atoms with Crippen LogP contribution in [-0.4, -0.2) is 42.5 Å². The molecule has 0 aromatic heterocycles. The minimum Gasteiger partial charge on any atom is -0.497 e. The molecule has 0 aliphatic rings. The monoisotopic (exact) mass is 594 g/mol. The molecule has 0 saturated heterocycles. The number of carbonyl (C=O) groups is 2. The molecule has 1 N–H and O–H groups in total. The van der Waals surface area contributed by atoms with Crippen LogP contribution in [0.4, 0.5) is 0 Å². The second-order valence-corrected chi connectivity index (χ2v) is 11.8. The molecule has 0 aliphatic heterocycles. The summed E-state index contributed by atoms with van der Waals surface area (Å²) in [6.45, 7) is 10.3. The number of rotatable bonds is 11. The molecule has 3 aromatic rings. The Hall–Kier alpha value is -3.32. The van der Waals surface area contributed by atoms with Gasteiger partial charge in [-0.25, -0.2) is 0 Å². The van der Waals surface area contributed by atoms with Crippen molar-refractivity contribution >= 4 is 27.7 Å². The van der Waals surface area contributed by atoms with Gasteiger partial charge in [0.05, 0.1) is 11.6 Å². The second-order valence-electron chi connectivity index (χ2n) is 10.9. The van der Waals surface area contributed by atoms with Crippen LogP contribution in [0.25, 0.3) is 0 Å². The van der Waals surface area contributed by atoms with Crippen molar-refractivity contribution in [2.75, 3.05) is 13.7 Å². The quantitative estimate of drug-likeness (QED) is 0.283. The SMILES string of the molecule is COc1cccc(CN(C(=O)COc2ccc(C(C)(C)C)cc2Br)C(Cc2ccccc2)C(=O)NC(C)C)c1. The van der Waals surface area contributed by atoms with Gasteiger partial charge in [0.15, 0.2) is 6.61 Å². The van der Waals surface area contributed by atoms with Gasteiger partial charge in [0.25, 0.3) is 5.91 Å². The molecule has 0 saturated carbocycles. The number of amides is 2. The van der Waals surface area contributed by atoms with Crippen LogP contribution in [0.15, 0.2) is 77.3 Å². The average Bonchev–Trinajstić information content (AvgIpc) is 2.89. The molecule has 0 fully saturated rings. The van der Waals surface area contributed by atoms with Crippen LogP contribution in [0.5, 0.6) is 11.5 Å². The molecular formula is C32H39BrN2O4. The number of ether oxygens (including phenoxy) is 2. The minimum atomic E-state index is -0.733. The maximum absolute atomic E-state index is 13.8. The maximum atomic E-state index is 13.8. The second kappa shape index (κ2) is 13.7. The highest BCUT2D eigenvalue weighted by molar-refractivity contribution is 9.10. The lowest BCUT2D eigenvalue weighted by Gasteiger charge is -2.32. The van der Waals surface area contributed by atoms with Gasteiger partial charge >= 0.3 is 0 Å². The number of halogens is 1. The Morgan fingerprint density at radius 3 is 2.26 bits per heavy atom. The first-order chi connectivity index (χ1) is 18.5. The van der Waals surface area contributed by atoms with Gasteiger partial charge < -0.3 is 19.7 Å². The van der Waals surface area contributed by atoms with E-state index in [4.69, 9.17) is 9.47 Å². The minimum absolute atomic E-state index is 0.0150. The van der Waals surface area contributed by atoms with Crippen LogP contribution in [0, 0.1) is 0 Å². The van der Waals surface area contributed by atoms with Gasteiger partial charge in [-0.1, -0.05) is 69.3 Å². The third-order valence-corrected chi connectivity index (χ3v) is 6.96. The first kappa shape index (κ1) is 30.2. The van der Waals surface area contributed by atoms with E-state index in [0.29, 0.717) is 17.9 Å². The Kier molecular flexibility index (Phi) is 10.6. The molecule has 1 unspecified atom stereocenters. The largest absolute Gasteiger partial charge is 0.497 e. The van der Waals surface area contributed by atoms with Gasteiger partial charge in [-0.2, -0.15) is 0 Å². The number of hydrogen-bond acceptors (Lipinski definition) is 4. The molecule has 3 rings (SSSR count). The van der Waals surface area contributed by atoms with E-state index in [1.807, 2.05) is 86.6 Å².